The number of hydrogen-bond acceptors (Lipinski definition) is 4. The Labute approximate surface area is 271 Å². The second-order valence-electron chi connectivity index (χ2n) is 10.2. The summed E-state index contributed by atoms with van der Waals surface area (Å²) in [6, 6.07) is 21.4. The molecule has 0 saturated carbocycles. The Morgan fingerprint density at radius 3 is 2.32 bits per heavy atom. The van der Waals surface area contributed by atoms with Crippen LogP contribution in [0.2, 0.25) is 0 Å². The first-order chi connectivity index (χ1) is 26.0. The van der Waals surface area contributed by atoms with Crippen LogP contribution in [0.1, 0.15) is 13.7 Å². The number of benzene rings is 6. The summed E-state index contributed by atoms with van der Waals surface area (Å²) in [5, 5.41) is 0.777. The average molecular weight is 591 g/mol. The molecule has 0 radical (unpaired) electrons. The van der Waals surface area contributed by atoms with Gasteiger partial charge in [-0.1, -0.05) is 109 Å². The summed E-state index contributed by atoms with van der Waals surface area (Å²) in [5.74, 6) is 0. The fourth-order valence-corrected chi connectivity index (χ4v) is 6.66. The Balaban J connectivity index is 1.26. The molecule has 44 heavy (non-hydrogen) atoms. The van der Waals surface area contributed by atoms with Crippen molar-refractivity contribution in [1.29, 1.82) is 0 Å². The Morgan fingerprint density at radius 1 is 0.591 bits per heavy atom. The predicted octanol–water partition coefficient (Wildman–Crippen LogP) is 11.4. The Hall–Kier alpha value is -5.58. The minimum Gasteiger partial charge on any atom is -0.452 e. The first kappa shape index (κ1) is 16.9. The molecule has 0 unspecified atom stereocenters. The van der Waals surface area contributed by atoms with Gasteiger partial charge in [0.05, 0.1) is 13.7 Å². The van der Waals surface area contributed by atoms with E-state index in [-0.39, 0.29) is 78.4 Å². The zero-order chi connectivity index (χ0) is 37.7. The zero-order valence-corrected chi connectivity index (χ0v) is 23.6. The van der Waals surface area contributed by atoms with Crippen LogP contribution in [0.3, 0.4) is 0 Å². The van der Waals surface area contributed by atoms with Gasteiger partial charge in [-0.3, -0.25) is 0 Å². The van der Waals surface area contributed by atoms with Gasteiger partial charge in [-0.2, -0.15) is 0 Å². The van der Waals surface area contributed by atoms with Crippen molar-refractivity contribution in [2.75, 3.05) is 0 Å². The zero-order valence-electron chi connectivity index (χ0n) is 32.8. The van der Waals surface area contributed by atoms with E-state index in [9.17, 15) is 1.37 Å². The van der Waals surface area contributed by atoms with Crippen molar-refractivity contribution in [1.82, 2.24) is 9.97 Å². The van der Waals surface area contributed by atoms with Crippen LogP contribution >= 0.6 is 11.3 Å². The number of rotatable bonds is 4. The van der Waals surface area contributed by atoms with Gasteiger partial charge in [0.2, 0.25) is 0 Å². The van der Waals surface area contributed by atoms with Gasteiger partial charge < -0.3 is 4.42 Å². The van der Waals surface area contributed by atoms with Gasteiger partial charge in [0.25, 0.3) is 0 Å². The lowest BCUT2D eigenvalue weighted by Crippen LogP contribution is -1.88. The molecule has 0 N–H and O–H groups in total. The highest BCUT2D eigenvalue weighted by Gasteiger charge is 2.17. The van der Waals surface area contributed by atoms with E-state index in [1.165, 1.54) is 12.4 Å². The number of hydrogen-bond donors (Lipinski definition) is 0. The first-order valence-electron chi connectivity index (χ1n) is 18.8. The van der Waals surface area contributed by atoms with Crippen molar-refractivity contribution in [2.24, 2.45) is 0 Å². The van der Waals surface area contributed by atoms with Crippen LogP contribution < -0.4 is 0 Å². The second kappa shape index (κ2) is 10.0. The van der Waals surface area contributed by atoms with Crippen LogP contribution in [0, 0.1) is 0 Å². The molecule has 0 amide bonds. The molecule has 0 aliphatic rings. The smallest absolute Gasteiger partial charge is 0.180 e. The molecular formula is C40H24N2OS. The highest BCUT2D eigenvalue weighted by atomic mass is 32.1. The number of aromatic nitrogens is 2. The SMILES string of the molecule is [2H]c1cc([2H])c(-c2c([2H])c([2H])c([2H])c3c2sc2c([2H])c([2H])c([2H])c([2H])c23)c([2H])c1-c1ncnc2c1oc1ccc(-c3cccc(-c4ccccc4)c3)cc12. The van der Waals surface area contributed by atoms with Crippen LogP contribution in [0.15, 0.2) is 150 Å². The summed E-state index contributed by atoms with van der Waals surface area (Å²) in [4.78, 5) is 9.01. The normalized spacial score (nSPS) is 14.8. The maximum Gasteiger partial charge on any atom is 0.180 e. The van der Waals surface area contributed by atoms with Crippen molar-refractivity contribution in [3.8, 4) is 44.6 Å². The summed E-state index contributed by atoms with van der Waals surface area (Å²) in [6.45, 7) is 0. The summed E-state index contributed by atoms with van der Waals surface area (Å²) >= 11 is 0.920. The summed E-state index contributed by atoms with van der Waals surface area (Å²) in [6.07, 6.45) is 1.32. The number of nitrogens with zero attached hydrogens (tertiary/aromatic N) is 2. The van der Waals surface area contributed by atoms with E-state index in [0.29, 0.717) is 16.5 Å². The van der Waals surface area contributed by atoms with Crippen LogP contribution in [0.25, 0.3) is 86.9 Å². The maximum atomic E-state index is 9.47. The monoisotopic (exact) mass is 590 g/mol. The van der Waals surface area contributed by atoms with E-state index in [1.807, 2.05) is 48.5 Å². The van der Waals surface area contributed by atoms with Crippen molar-refractivity contribution in [2.45, 2.75) is 0 Å². The topological polar surface area (TPSA) is 38.9 Å². The third-order valence-corrected chi connectivity index (χ3v) is 8.78. The second-order valence-corrected chi connectivity index (χ2v) is 11.2. The summed E-state index contributed by atoms with van der Waals surface area (Å²) < 4.78 is 94.0. The van der Waals surface area contributed by atoms with Gasteiger partial charge >= 0.3 is 0 Å². The van der Waals surface area contributed by atoms with Crippen molar-refractivity contribution in [3.63, 3.8) is 0 Å². The molecule has 3 heterocycles. The fourth-order valence-electron chi connectivity index (χ4n) is 5.59. The van der Waals surface area contributed by atoms with E-state index in [4.69, 9.17) is 16.8 Å². The third kappa shape index (κ3) is 4.03. The molecule has 0 bridgehead atoms. The quantitative estimate of drug-likeness (QED) is 0.205. The minimum atomic E-state index is -0.522. The van der Waals surface area contributed by atoms with Gasteiger partial charge in [0, 0.05) is 31.1 Å². The van der Waals surface area contributed by atoms with Gasteiger partial charge in [-0.25, -0.2) is 9.97 Å². The predicted molar refractivity (Wildman–Crippen MR) is 184 cm³/mol. The lowest BCUT2D eigenvalue weighted by Gasteiger charge is -2.07. The lowest BCUT2D eigenvalue weighted by atomic mass is 9.98. The molecule has 0 aliphatic carbocycles. The van der Waals surface area contributed by atoms with Gasteiger partial charge in [0.15, 0.2) is 5.58 Å². The van der Waals surface area contributed by atoms with Gasteiger partial charge in [-0.15, -0.1) is 11.3 Å². The van der Waals surface area contributed by atoms with Crippen LogP contribution in [0.4, 0.5) is 0 Å². The summed E-state index contributed by atoms with van der Waals surface area (Å²) in [5.41, 5.74) is 5.23. The number of thiophene rings is 1. The molecule has 0 spiro atoms. The Morgan fingerprint density at radius 2 is 1.39 bits per heavy atom. The van der Waals surface area contributed by atoms with E-state index < -0.39 is 30.2 Å². The summed E-state index contributed by atoms with van der Waals surface area (Å²) in [7, 11) is 0. The molecule has 3 aromatic heterocycles. The van der Waals surface area contributed by atoms with Crippen molar-refractivity contribution >= 4 is 53.6 Å². The highest BCUT2D eigenvalue weighted by Crippen LogP contribution is 2.41. The number of furan rings is 1. The number of fused-ring (bicyclic) bond motifs is 6. The van der Waals surface area contributed by atoms with Crippen LogP contribution in [-0.4, -0.2) is 9.97 Å². The molecule has 9 rings (SSSR count). The van der Waals surface area contributed by atoms with Crippen molar-refractivity contribution < 1.29 is 18.1 Å². The van der Waals surface area contributed by atoms with E-state index >= 15 is 0 Å². The Bertz CT molecular complexity index is 3070. The molecule has 0 fully saturated rings. The first-order valence-corrected chi connectivity index (χ1v) is 14.6. The Kier molecular flexibility index (Phi) is 3.84. The van der Waals surface area contributed by atoms with E-state index in [1.54, 1.807) is 0 Å². The highest BCUT2D eigenvalue weighted by molar-refractivity contribution is 7.26. The van der Waals surface area contributed by atoms with Crippen LogP contribution in [-0.2, 0) is 0 Å². The van der Waals surface area contributed by atoms with Gasteiger partial charge in [-0.05, 0) is 63.7 Å². The molecular weight excluding hydrogens is 557 g/mol. The fraction of sp³-hybridized carbons (Fsp3) is 0. The van der Waals surface area contributed by atoms with E-state index in [2.05, 4.69) is 34.2 Å². The largest absolute Gasteiger partial charge is 0.452 e. The van der Waals surface area contributed by atoms with E-state index in [0.717, 1.165) is 33.6 Å². The van der Waals surface area contributed by atoms with Crippen LogP contribution in [0.5, 0.6) is 0 Å². The molecule has 206 valence electrons. The molecule has 9 aromatic rings. The molecule has 6 aromatic carbocycles. The third-order valence-electron chi connectivity index (χ3n) is 7.66. The molecule has 0 saturated heterocycles. The molecule has 4 heteroatoms. The maximum absolute atomic E-state index is 9.47. The van der Waals surface area contributed by atoms with Crippen molar-refractivity contribution in [3.05, 3.63) is 146 Å². The minimum absolute atomic E-state index is 0.00244. The standard InChI is InChI=1S/C40H24N2OS/c1-2-9-25(10-3-1)26-11-6-12-27(21-26)28-19-20-35-34(23-28)38-39(43-35)37(41-24-42-38)30-14-7-13-29(22-30)31-16-8-17-33-32-15-4-5-18-36(32)44-40(31)33/h1-24H/i4D,5D,8D,13D,14D,15D,16D,17D,18D,22D. The van der Waals surface area contributed by atoms with Gasteiger partial charge in [0.1, 0.15) is 23.1 Å². The average Bonchev–Trinajstić information content (AvgIpc) is 3.77. The lowest BCUT2D eigenvalue weighted by molar-refractivity contribution is 0.667. The molecule has 3 nitrogen and oxygen atoms in total. The molecule has 0 atom stereocenters. The molecule has 0 aliphatic heterocycles.